The third-order valence-corrected chi connectivity index (χ3v) is 4.60. The number of benzene rings is 2. The van der Waals surface area contributed by atoms with Crippen LogP contribution < -0.4 is 11.1 Å². The fourth-order valence-electron chi connectivity index (χ4n) is 2.86. The summed E-state index contributed by atoms with van der Waals surface area (Å²) >= 11 is 6.35. The molecule has 0 fully saturated rings. The second-order valence-corrected chi connectivity index (χ2v) is 6.51. The third kappa shape index (κ3) is 2.84. The van der Waals surface area contributed by atoms with E-state index in [4.69, 9.17) is 17.3 Å². The van der Waals surface area contributed by atoms with Crippen LogP contribution in [0.25, 0.3) is 11.3 Å². The summed E-state index contributed by atoms with van der Waals surface area (Å²) in [5.41, 5.74) is 10.7. The normalized spacial score (nSPS) is 12.6. The lowest BCUT2D eigenvalue weighted by atomic mass is 10.1. The van der Waals surface area contributed by atoms with Crippen molar-refractivity contribution in [1.82, 2.24) is 9.97 Å². The number of aliphatic imine (C=N–C) groups is 1. The number of aryl methyl sites for hydroxylation is 1. The minimum Gasteiger partial charge on any atom is -0.503 e. The number of aromatic hydroxyl groups is 1. The van der Waals surface area contributed by atoms with Gasteiger partial charge in [-0.2, -0.15) is 0 Å². The standard InChI is InChI=1S/C19H16ClN5O/c1-10-2-4-11(5-3-10)16-17(26)19(24-9-23-16)25-15-6-12-8-22-18(21)13(12)7-14(15)20/h2-7,9,26H,8H2,1H3,(H2,21,22)(H,23,24,25). The Morgan fingerprint density at radius 2 is 1.92 bits per heavy atom. The number of hydrogen-bond acceptors (Lipinski definition) is 6. The largest absolute Gasteiger partial charge is 0.503 e. The van der Waals surface area contributed by atoms with Crippen LogP contribution in [0.3, 0.4) is 0 Å². The van der Waals surface area contributed by atoms with E-state index in [0.29, 0.717) is 28.8 Å². The molecule has 0 amide bonds. The predicted octanol–water partition coefficient (Wildman–Crippen LogP) is 3.77. The maximum Gasteiger partial charge on any atom is 0.185 e. The molecule has 1 aliphatic heterocycles. The molecular formula is C19H16ClN5O. The minimum atomic E-state index is -0.0383. The van der Waals surface area contributed by atoms with Gasteiger partial charge in [0.2, 0.25) is 0 Å². The van der Waals surface area contributed by atoms with Gasteiger partial charge in [0.05, 0.1) is 17.3 Å². The summed E-state index contributed by atoms with van der Waals surface area (Å²) in [5.74, 6) is 0.730. The maximum atomic E-state index is 10.6. The zero-order valence-corrected chi connectivity index (χ0v) is 14.7. The average Bonchev–Trinajstić information content (AvgIpc) is 2.98. The van der Waals surface area contributed by atoms with Gasteiger partial charge < -0.3 is 16.2 Å². The maximum absolute atomic E-state index is 10.6. The summed E-state index contributed by atoms with van der Waals surface area (Å²) in [7, 11) is 0. The van der Waals surface area contributed by atoms with Crippen LogP contribution in [0, 0.1) is 6.92 Å². The van der Waals surface area contributed by atoms with E-state index in [2.05, 4.69) is 20.3 Å². The van der Waals surface area contributed by atoms with Gasteiger partial charge in [-0.25, -0.2) is 9.97 Å². The highest BCUT2D eigenvalue weighted by Crippen LogP contribution is 2.36. The Morgan fingerprint density at radius 3 is 2.69 bits per heavy atom. The molecule has 0 saturated carbocycles. The van der Waals surface area contributed by atoms with Crippen LogP contribution >= 0.6 is 11.6 Å². The van der Waals surface area contributed by atoms with E-state index in [1.807, 2.05) is 37.3 Å². The summed E-state index contributed by atoms with van der Waals surface area (Å²) < 4.78 is 0. The number of rotatable bonds is 3. The van der Waals surface area contributed by atoms with Crippen LogP contribution in [0.1, 0.15) is 16.7 Å². The predicted molar refractivity (Wildman–Crippen MR) is 103 cm³/mol. The van der Waals surface area contributed by atoms with Gasteiger partial charge in [0.15, 0.2) is 11.6 Å². The number of nitrogens with one attached hydrogen (secondary N) is 1. The molecule has 3 aromatic rings. The molecule has 4 N–H and O–H groups in total. The van der Waals surface area contributed by atoms with E-state index < -0.39 is 0 Å². The number of anilines is 2. The fraction of sp³-hybridized carbons (Fsp3) is 0.105. The van der Waals surface area contributed by atoms with E-state index >= 15 is 0 Å². The first-order chi connectivity index (χ1) is 12.5. The number of nitrogens with zero attached hydrogens (tertiary/aromatic N) is 3. The van der Waals surface area contributed by atoms with Crippen molar-refractivity contribution < 1.29 is 5.11 Å². The van der Waals surface area contributed by atoms with Gasteiger partial charge in [-0.3, -0.25) is 4.99 Å². The van der Waals surface area contributed by atoms with E-state index in [1.54, 1.807) is 6.07 Å². The molecule has 1 aromatic heterocycles. The first-order valence-electron chi connectivity index (χ1n) is 8.03. The van der Waals surface area contributed by atoms with Gasteiger partial charge in [-0.1, -0.05) is 41.4 Å². The molecule has 0 spiro atoms. The zero-order valence-electron chi connectivity index (χ0n) is 14.0. The van der Waals surface area contributed by atoms with Crippen molar-refractivity contribution in [3.63, 3.8) is 0 Å². The average molecular weight is 366 g/mol. The Kier molecular flexibility index (Phi) is 3.97. The van der Waals surface area contributed by atoms with Gasteiger partial charge in [0.1, 0.15) is 17.9 Å². The van der Waals surface area contributed by atoms with E-state index in [0.717, 1.165) is 22.3 Å². The van der Waals surface area contributed by atoms with Crippen molar-refractivity contribution in [3.8, 4) is 17.0 Å². The summed E-state index contributed by atoms with van der Waals surface area (Å²) in [4.78, 5) is 12.5. The number of fused-ring (bicyclic) bond motifs is 1. The molecule has 0 aliphatic carbocycles. The van der Waals surface area contributed by atoms with Gasteiger partial charge in [-0.15, -0.1) is 0 Å². The second kappa shape index (κ2) is 6.31. The molecular weight excluding hydrogens is 350 g/mol. The first-order valence-corrected chi connectivity index (χ1v) is 8.41. The lowest BCUT2D eigenvalue weighted by molar-refractivity contribution is 0.475. The van der Waals surface area contributed by atoms with Gasteiger partial charge in [0, 0.05) is 11.1 Å². The highest BCUT2D eigenvalue weighted by molar-refractivity contribution is 6.34. The Bertz CT molecular complexity index is 1030. The Hall–Kier alpha value is -3.12. The van der Waals surface area contributed by atoms with Crippen molar-refractivity contribution in [2.75, 3.05) is 5.32 Å². The highest BCUT2D eigenvalue weighted by Gasteiger charge is 2.18. The number of nitrogens with two attached hydrogens (primary N) is 1. The smallest absolute Gasteiger partial charge is 0.185 e. The second-order valence-electron chi connectivity index (χ2n) is 6.10. The molecule has 6 nitrogen and oxygen atoms in total. The molecule has 0 radical (unpaired) electrons. The van der Waals surface area contributed by atoms with Crippen molar-refractivity contribution >= 4 is 28.9 Å². The van der Waals surface area contributed by atoms with Crippen molar-refractivity contribution in [1.29, 1.82) is 0 Å². The monoisotopic (exact) mass is 365 g/mol. The topological polar surface area (TPSA) is 96.4 Å². The minimum absolute atomic E-state index is 0.0383. The van der Waals surface area contributed by atoms with Crippen molar-refractivity contribution in [2.45, 2.75) is 13.5 Å². The lowest BCUT2D eigenvalue weighted by Gasteiger charge is -2.13. The van der Waals surface area contributed by atoms with Gasteiger partial charge >= 0.3 is 0 Å². The molecule has 4 rings (SSSR count). The molecule has 7 heteroatoms. The lowest BCUT2D eigenvalue weighted by Crippen LogP contribution is -2.10. The number of amidine groups is 1. The number of aromatic nitrogens is 2. The van der Waals surface area contributed by atoms with Crippen molar-refractivity contribution in [2.24, 2.45) is 10.7 Å². The molecule has 0 atom stereocenters. The van der Waals surface area contributed by atoms with Crippen LogP contribution in [-0.4, -0.2) is 20.9 Å². The van der Waals surface area contributed by atoms with Crippen LogP contribution in [0.5, 0.6) is 5.75 Å². The van der Waals surface area contributed by atoms with Crippen LogP contribution in [0.4, 0.5) is 11.5 Å². The van der Waals surface area contributed by atoms with Gasteiger partial charge in [0.25, 0.3) is 0 Å². The molecule has 130 valence electrons. The highest BCUT2D eigenvalue weighted by atomic mass is 35.5. The number of hydrogen-bond donors (Lipinski definition) is 3. The quantitative estimate of drug-likeness (QED) is 0.656. The molecule has 2 heterocycles. The SMILES string of the molecule is Cc1ccc(-c2ncnc(Nc3cc4c(cc3Cl)C(N)=NC4)c2O)cc1. The van der Waals surface area contributed by atoms with Crippen molar-refractivity contribution in [3.05, 3.63) is 64.4 Å². The summed E-state index contributed by atoms with van der Waals surface area (Å²) in [6, 6.07) is 11.4. The van der Waals surface area contributed by atoms with Crippen LogP contribution in [0.2, 0.25) is 5.02 Å². The van der Waals surface area contributed by atoms with E-state index in [1.165, 1.54) is 6.33 Å². The Morgan fingerprint density at radius 1 is 1.15 bits per heavy atom. The van der Waals surface area contributed by atoms with Gasteiger partial charge in [-0.05, 0) is 24.6 Å². The molecule has 26 heavy (non-hydrogen) atoms. The van der Waals surface area contributed by atoms with Crippen LogP contribution in [-0.2, 0) is 6.54 Å². The fourth-order valence-corrected chi connectivity index (χ4v) is 3.07. The first kappa shape index (κ1) is 16.4. The molecule has 2 aromatic carbocycles. The number of halogens is 1. The molecule has 0 unspecified atom stereocenters. The summed E-state index contributed by atoms with van der Waals surface area (Å²) in [5, 5.41) is 14.2. The van der Waals surface area contributed by atoms with E-state index in [-0.39, 0.29) is 11.6 Å². The molecule has 0 saturated heterocycles. The zero-order chi connectivity index (χ0) is 18.3. The Labute approximate surface area is 155 Å². The summed E-state index contributed by atoms with van der Waals surface area (Å²) in [6.07, 6.45) is 1.40. The third-order valence-electron chi connectivity index (χ3n) is 4.29. The van der Waals surface area contributed by atoms with E-state index in [9.17, 15) is 5.11 Å². The summed E-state index contributed by atoms with van der Waals surface area (Å²) in [6.45, 7) is 2.51. The molecule has 1 aliphatic rings. The van der Waals surface area contributed by atoms with Crippen LogP contribution in [0.15, 0.2) is 47.7 Å². The molecule has 0 bridgehead atoms. The Balaban J connectivity index is 1.70.